The number of aromatic nitrogens is 3. The van der Waals surface area contributed by atoms with Gasteiger partial charge in [0.15, 0.2) is 12.0 Å². The topological polar surface area (TPSA) is 54.7 Å². The lowest BCUT2D eigenvalue weighted by Crippen LogP contribution is -2.11. The van der Waals surface area contributed by atoms with Crippen molar-refractivity contribution in [1.82, 2.24) is 15.0 Å². The quantitative estimate of drug-likeness (QED) is 0.694. The van der Waals surface area contributed by atoms with E-state index in [1.165, 1.54) is 12.0 Å². The van der Waals surface area contributed by atoms with Crippen molar-refractivity contribution < 1.29 is 5.84 Å². The Balaban J connectivity index is 0.000000849. The standard InChI is InChI=1S/C16H19N3O.C2H6.H2/c1-5-13-17-8-12(19-13)10-6-7-11(16(2,3)4)15-14(10)18-9-20-15;1-2;/h6-9H,5H2,1-4H3,(H,17,19);1-2H3;1H. The maximum atomic E-state index is 5.63. The van der Waals surface area contributed by atoms with Crippen LogP contribution in [-0.2, 0) is 11.8 Å². The minimum absolute atomic E-state index is 0. The molecular formula is C18H27N3O. The van der Waals surface area contributed by atoms with Crippen molar-refractivity contribution >= 4 is 11.1 Å². The number of benzene rings is 1. The smallest absolute Gasteiger partial charge is 0.182 e. The van der Waals surface area contributed by atoms with Gasteiger partial charge in [-0.05, 0) is 5.41 Å². The van der Waals surface area contributed by atoms with E-state index in [9.17, 15) is 0 Å². The zero-order chi connectivity index (χ0) is 16.3. The van der Waals surface area contributed by atoms with Crippen LogP contribution in [0.4, 0.5) is 0 Å². The van der Waals surface area contributed by atoms with Crippen LogP contribution in [0.1, 0.15) is 54.4 Å². The summed E-state index contributed by atoms with van der Waals surface area (Å²) in [5, 5.41) is 0. The third-order valence-electron chi connectivity index (χ3n) is 3.55. The first kappa shape index (κ1) is 16.3. The van der Waals surface area contributed by atoms with Gasteiger partial charge >= 0.3 is 0 Å². The van der Waals surface area contributed by atoms with Crippen LogP contribution >= 0.6 is 0 Å². The van der Waals surface area contributed by atoms with Gasteiger partial charge in [0.05, 0.1) is 11.9 Å². The summed E-state index contributed by atoms with van der Waals surface area (Å²) in [6, 6.07) is 4.22. The summed E-state index contributed by atoms with van der Waals surface area (Å²) in [5.74, 6) is 0.983. The van der Waals surface area contributed by atoms with Gasteiger partial charge in [-0.15, -0.1) is 0 Å². The van der Waals surface area contributed by atoms with E-state index in [2.05, 4.69) is 54.8 Å². The number of rotatable bonds is 2. The van der Waals surface area contributed by atoms with E-state index < -0.39 is 0 Å². The molecule has 1 aromatic carbocycles. The van der Waals surface area contributed by atoms with Crippen molar-refractivity contribution in [3.63, 3.8) is 0 Å². The number of hydrogen-bond donors (Lipinski definition) is 1. The molecule has 3 rings (SSSR count). The summed E-state index contributed by atoms with van der Waals surface area (Å²) in [7, 11) is 0. The van der Waals surface area contributed by atoms with Crippen LogP contribution < -0.4 is 0 Å². The Labute approximate surface area is 133 Å². The van der Waals surface area contributed by atoms with Crippen LogP contribution in [0.25, 0.3) is 22.4 Å². The van der Waals surface area contributed by atoms with Crippen LogP contribution in [0.15, 0.2) is 29.1 Å². The molecule has 2 aromatic heterocycles. The molecule has 0 aliphatic heterocycles. The maximum absolute atomic E-state index is 5.63. The first-order chi connectivity index (χ1) is 10.5. The van der Waals surface area contributed by atoms with Crippen molar-refractivity contribution in [3.05, 3.63) is 36.1 Å². The number of aromatic amines is 1. The molecule has 0 bridgehead atoms. The van der Waals surface area contributed by atoms with Gasteiger partial charge in [0.25, 0.3) is 0 Å². The third-order valence-corrected chi connectivity index (χ3v) is 3.55. The molecule has 120 valence electrons. The van der Waals surface area contributed by atoms with Gasteiger partial charge < -0.3 is 9.40 Å². The molecule has 0 radical (unpaired) electrons. The predicted octanol–water partition coefficient (Wildman–Crippen LogP) is 5.35. The van der Waals surface area contributed by atoms with Crippen molar-refractivity contribution in [2.75, 3.05) is 0 Å². The molecule has 0 aliphatic rings. The Kier molecular flexibility index (Phi) is 4.69. The Morgan fingerprint density at radius 3 is 2.50 bits per heavy atom. The highest BCUT2D eigenvalue weighted by molar-refractivity contribution is 5.91. The van der Waals surface area contributed by atoms with Crippen LogP contribution in [0.5, 0.6) is 0 Å². The molecule has 2 heterocycles. The lowest BCUT2D eigenvalue weighted by Gasteiger charge is -2.19. The lowest BCUT2D eigenvalue weighted by atomic mass is 9.85. The highest BCUT2D eigenvalue weighted by atomic mass is 16.3. The van der Waals surface area contributed by atoms with Gasteiger partial charge in [0.2, 0.25) is 0 Å². The zero-order valence-corrected chi connectivity index (χ0v) is 14.3. The molecule has 0 fully saturated rings. The number of imidazole rings is 1. The molecule has 4 nitrogen and oxygen atoms in total. The summed E-state index contributed by atoms with van der Waals surface area (Å²) in [5.41, 5.74) is 4.98. The van der Waals surface area contributed by atoms with E-state index in [1.807, 2.05) is 20.0 Å². The number of oxazole rings is 1. The average molecular weight is 301 g/mol. The molecule has 0 saturated carbocycles. The van der Waals surface area contributed by atoms with Gasteiger partial charge in [0, 0.05) is 19.0 Å². The van der Waals surface area contributed by atoms with Crippen molar-refractivity contribution in [3.8, 4) is 11.3 Å². The van der Waals surface area contributed by atoms with Crippen molar-refractivity contribution in [2.45, 2.75) is 53.4 Å². The summed E-state index contributed by atoms with van der Waals surface area (Å²) in [6.45, 7) is 12.6. The average Bonchev–Trinajstić information content (AvgIpc) is 3.16. The van der Waals surface area contributed by atoms with Gasteiger partial charge in [0.1, 0.15) is 11.3 Å². The van der Waals surface area contributed by atoms with Crippen LogP contribution in [-0.4, -0.2) is 15.0 Å². The second kappa shape index (κ2) is 6.34. The Bertz CT molecular complexity index is 753. The van der Waals surface area contributed by atoms with E-state index in [0.717, 1.165) is 34.6 Å². The molecule has 1 N–H and O–H groups in total. The number of aryl methyl sites for hydroxylation is 1. The monoisotopic (exact) mass is 301 g/mol. The minimum atomic E-state index is 0. The molecule has 0 saturated heterocycles. The van der Waals surface area contributed by atoms with E-state index in [-0.39, 0.29) is 6.84 Å². The number of fused-ring (bicyclic) bond motifs is 1. The fraction of sp³-hybridized carbons (Fsp3) is 0.444. The van der Waals surface area contributed by atoms with E-state index in [0.29, 0.717) is 0 Å². The molecule has 3 aromatic rings. The Morgan fingerprint density at radius 1 is 1.18 bits per heavy atom. The largest absolute Gasteiger partial charge is 0.443 e. The maximum Gasteiger partial charge on any atom is 0.182 e. The Morgan fingerprint density at radius 2 is 1.91 bits per heavy atom. The zero-order valence-electron chi connectivity index (χ0n) is 14.3. The normalized spacial score (nSPS) is 11.4. The molecular weight excluding hydrogens is 274 g/mol. The molecule has 0 aliphatic carbocycles. The summed E-state index contributed by atoms with van der Waals surface area (Å²) in [6.07, 6.45) is 4.27. The molecule has 0 spiro atoms. The third kappa shape index (κ3) is 2.91. The number of nitrogens with one attached hydrogen (secondary N) is 1. The molecule has 4 heteroatoms. The highest BCUT2D eigenvalue weighted by Crippen LogP contribution is 2.34. The van der Waals surface area contributed by atoms with Crippen LogP contribution in [0.3, 0.4) is 0 Å². The number of hydrogen-bond acceptors (Lipinski definition) is 3. The molecule has 0 atom stereocenters. The Hall–Kier alpha value is -2.10. The molecule has 22 heavy (non-hydrogen) atoms. The second-order valence-electron chi connectivity index (χ2n) is 6.04. The SMILES string of the molecule is CC.CCc1ncc(-c2ccc(C(C)(C)C)c3ocnc23)[nH]1.[HH]. The van der Waals surface area contributed by atoms with Crippen LogP contribution in [0.2, 0.25) is 0 Å². The van der Waals surface area contributed by atoms with E-state index in [4.69, 9.17) is 4.42 Å². The van der Waals surface area contributed by atoms with Crippen molar-refractivity contribution in [1.29, 1.82) is 0 Å². The van der Waals surface area contributed by atoms with Gasteiger partial charge in [-0.2, -0.15) is 0 Å². The highest BCUT2D eigenvalue weighted by Gasteiger charge is 2.21. The van der Waals surface area contributed by atoms with Gasteiger partial charge in [-0.25, -0.2) is 9.97 Å². The molecule has 0 amide bonds. The molecule has 0 unspecified atom stereocenters. The fourth-order valence-corrected chi connectivity index (χ4v) is 2.44. The fourth-order valence-electron chi connectivity index (χ4n) is 2.44. The van der Waals surface area contributed by atoms with Gasteiger partial charge in [-0.1, -0.05) is 53.7 Å². The number of H-pyrrole nitrogens is 1. The van der Waals surface area contributed by atoms with Crippen LogP contribution in [0, 0.1) is 0 Å². The number of nitrogens with zero attached hydrogens (tertiary/aromatic N) is 2. The van der Waals surface area contributed by atoms with E-state index in [1.54, 1.807) is 0 Å². The summed E-state index contributed by atoms with van der Waals surface area (Å²) >= 11 is 0. The van der Waals surface area contributed by atoms with E-state index >= 15 is 0 Å². The first-order valence-electron chi connectivity index (χ1n) is 7.91. The minimum Gasteiger partial charge on any atom is -0.443 e. The van der Waals surface area contributed by atoms with Crippen molar-refractivity contribution in [2.24, 2.45) is 0 Å². The first-order valence-corrected chi connectivity index (χ1v) is 7.91. The lowest BCUT2D eigenvalue weighted by molar-refractivity contribution is 0.554. The second-order valence-corrected chi connectivity index (χ2v) is 6.04. The predicted molar refractivity (Wildman–Crippen MR) is 93.1 cm³/mol. The summed E-state index contributed by atoms with van der Waals surface area (Å²) < 4.78 is 5.63. The summed E-state index contributed by atoms with van der Waals surface area (Å²) in [4.78, 5) is 12.1. The van der Waals surface area contributed by atoms with Gasteiger partial charge in [-0.3, -0.25) is 0 Å².